The lowest BCUT2D eigenvalue weighted by molar-refractivity contribution is -0.136. The summed E-state index contributed by atoms with van der Waals surface area (Å²) in [7, 11) is 0. The largest absolute Gasteiger partial charge is 0.391 e. The van der Waals surface area contributed by atoms with Gasteiger partial charge in [0.15, 0.2) is 0 Å². The molecule has 3 N–H and O–H groups in total. The summed E-state index contributed by atoms with van der Waals surface area (Å²) in [5.74, 6) is -1.24. The Bertz CT molecular complexity index is 518. The summed E-state index contributed by atoms with van der Waals surface area (Å²) in [6.07, 6.45) is -0.0929. The Morgan fingerprint density at radius 2 is 1.95 bits per heavy atom. The number of amides is 2. The van der Waals surface area contributed by atoms with Crippen LogP contribution >= 0.6 is 11.6 Å². The van der Waals surface area contributed by atoms with Crippen LogP contribution in [0.2, 0.25) is 5.02 Å². The fraction of sp³-hybridized carbons (Fsp3) is 0.467. The molecule has 0 saturated carbocycles. The molecule has 0 aliphatic rings. The van der Waals surface area contributed by atoms with Gasteiger partial charge in [0.05, 0.1) is 6.10 Å². The number of benzene rings is 1. The zero-order chi connectivity index (χ0) is 16.0. The van der Waals surface area contributed by atoms with Crippen LogP contribution in [0.1, 0.15) is 25.8 Å². The molecule has 2 amide bonds. The molecule has 1 rings (SSSR count). The maximum absolute atomic E-state index is 11.8. The van der Waals surface area contributed by atoms with Crippen LogP contribution in [0.3, 0.4) is 0 Å². The van der Waals surface area contributed by atoms with E-state index in [1.807, 2.05) is 13.8 Å². The van der Waals surface area contributed by atoms with Crippen molar-refractivity contribution in [1.29, 1.82) is 0 Å². The van der Waals surface area contributed by atoms with Crippen molar-refractivity contribution in [3.8, 4) is 0 Å². The quantitative estimate of drug-likeness (QED) is 0.729. The minimum absolute atomic E-state index is 0.0545. The zero-order valence-corrected chi connectivity index (χ0v) is 13.2. The number of halogens is 1. The number of hydrogen-bond donors (Lipinski definition) is 3. The lowest BCUT2D eigenvalue weighted by Crippen LogP contribution is -2.39. The molecule has 0 saturated heterocycles. The lowest BCUT2D eigenvalue weighted by atomic mass is 10.1. The maximum Gasteiger partial charge on any atom is 0.313 e. The molecule has 1 aromatic carbocycles. The number of anilines is 1. The van der Waals surface area contributed by atoms with Crippen LogP contribution in [-0.4, -0.2) is 29.6 Å². The molecule has 1 atom stereocenters. The average Bonchev–Trinajstić information content (AvgIpc) is 2.39. The van der Waals surface area contributed by atoms with Crippen LogP contribution in [0, 0.1) is 12.8 Å². The number of carbonyl (C=O) groups excluding carboxylic acids is 2. The third kappa shape index (κ3) is 6.14. The van der Waals surface area contributed by atoms with Crippen LogP contribution in [0.4, 0.5) is 5.69 Å². The van der Waals surface area contributed by atoms with Crippen molar-refractivity contribution in [2.45, 2.75) is 33.3 Å². The summed E-state index contributed by atoms with van der Waals surface area (Å²) in [6.45, 7) is 5.80. The second kappa shape index (κ2) is 8.00. The van der Waals surface area contributed by atoms with Crippen molar-refractivity contribution in [2.75, 3.05) is 11.9 Å². The fourth-order valence-electron chi connectivity index (χ4n) is 1.83. The van der Waals surface area contributed by atoms with Gasteiger partial charge in [-0.3, -0.25) is 9.59 Å². The number of nitrogens with one attached hydrogen (secondary N) is 2. The number of rotatable bonds is 5. The Balaban J connectivity index is 2.51. The van der Waals surface area contributed by atoms with Gasteiger partial charge in [-0.15, -0.1) is 0 Å². The van der Waals surface area contributed by atoms with Gasteiger partial charge in [0, 0.05) is 17.3 Å². The van der Waals surface area contributed by atoms with Gasteiger partial charge in [-0.2, -0.15) is 0 Å². The molecule has 0 heterocycles. The van der Waals surface area contributed by atoms with Crippen molar-refractivity contribution in [2.24, 2.45) is 5.92 Å². The van der Waals surface area contributed by atoms with E-state index in [-0.39, 0.29) is 6.54 Å². The van der Waals surface area contributed by atoms with Gasteiger partial charge < -0.3 is 15.7 Å². The number of carbonyl (C=O) groups is 2. The van der Waals surface area contributed by atoms with Crippen LogP contribution in [-0.2, 0) is 9.59 Å². The van der Waals surface area contributed by atoms with Crippen LogP contribution in [0.5, 0.6) is 0 Å². The Kier molecular flexibility index (Phi) is 6.65. The molecule has 0 bridgehead atoms. The van der Waals surface area contributed by atoms with Gasteiger partial charge in [0.25, 0.3) is 0 Å². The monoisotopic (exact) mass is 312 g/mol. The third-order valence-electron chi connectivity index (χ3n) is 2.90. The van der Waals surface area contributed by atoms with Crippen LogP contribution < -0.4 is 10.6 Å². The van der Waals surface area contributed by atoms with E-state index in [1.54, 1.807) is 25.1 Å². The molecule has 0 fully saturated rings. The molecular weight excluding hydrogens is 292 g/mol. The first-order chi connectivity index (χ1) is 9.79. The molecule has 0 aliphatic heterocycles. The van der Waals surface area contributed by atoms with Crippen molar-refractivity contribution >= 4 is 29.1 Å². The molecule has 0 radical (unpaired) electrons. The molecule has 6 heteroatoms. The standard InChI is InChI=1S/C15H21ClN2O3/c1-9(2)6-12(19)8-17-14(20)15(21)18-13-7-11(16)5-4-10(13)3/h4-5,7,9,12,19H,6,8H2,1-3H3,(H,17,20)(H,18,21). The van der Waals surface area contributed by atoms with E-state index in [1.165, 1.54) is 0 Å². The summed E-state index contributed by atoms with van der Waals surface area (Å²) in [5, 5.41) is 15.0. The van der Waals surface area contributed by atoms with E-state index in [0.717, 1.165) is 5.56 Å². The summed E-state index contributed by atoms with van der Waals surface area (Å²) in [5.41, 5.74) is 1.30. The number of hydrogen-bond acceptors (Lipinski definition) is 3. The Hall–Kier alpha value is -1.59. The molecule has 5 nitrogen and oxygen atoms in total. The van der Waals surface area contributed by atoms with Crippen molar-refractivity contribution in [3.63, 3.8) is 0 Å². The molecule has 1 unspecified atom stereocenters. The van der Waals surface area contributed by atoms with Gasteiger partial charge >= 0.3 is 11.8 Å². The van der Waals surface area contributed by atoms with E-state index < -0.39 is 17.9 Å². The zero-order valence-electron chi connectivity index (χ0n) is 12.4. The summed E-state index contributed by atoms with van der Waals surface area (Å²) in [4.78, 5) is 23.4. The van der Waals surface area contributed by atoms with E-state index in [4.69, 9.17) is 11.6 Å². The first-order valence-electron chi connectivity index (χ1n) is 6.83. The Morgan fingerprint density at radius 1 is 1.29 bits per heavy atom. The number of aliphatic hydroxyl groups excluding tert-OH is 1. The molecule has 21 heavy (non-hydrogen) atoms. The molecule has 116 valence electrons. The normalized spacial score (nSPS) is 12.1. The predicted molar refractivity (Wildman–Crippen MR) is 83.3 cm³/mol. The highest BCUT2D eigenvalue weighted by atomic mass is 35.5. The molecular formula is C15H21ClN2O3. The fourth-order valence-corrected chi connectivity index (χ4v) is 2.00. The minimum Gasteiger partial charge on any atom is -0.391 e. The van der Waals surface area contributed by atoms with Crippen molar-refractivity contribution in [3.05, 3.63) is 28.8 Å². The van der Waals surface area contributed by atoms with E-state index >= 15 is 0 Å². The minimum atomic E-state index is -0.780. The molecule has 0 spiro atoms. The van der Waals surface area contributed by atoms with Gasteiger partial charge in [0.1, 0.15) is 0 Å². The predicted octanol–water partition coefficient (Wildman–Crippen LogP) is 2.11. The van der Waals surface area contributed by atoms with Crippen LogP contribution in [0.15, 0.2) is 18.2 Å². The highest BCUT2D eigenvalue weighted by Crippen LogP contribution is 2.19. The van der Waals surface area contributed by atoms with E-state index in [2.05, 4.69) is 10.6 Å². The Morgan fingerprint density at radius 3 is 2.57 bits per heavy atom. The third-order valence-corrected chi connectivity index (χ3v) is 3.13. The summed E-state index contributed by atoms with van der Waals surface area (Å²) in [6, 6.07) is 5.03. The van der Waals surface area contributed by atoms with E-state index in [9.17, 15) is 14.7 Å². The topological polar surface area (TPSA) is 78.4 Å². The van der Waals surface area contributed by atoms with Gasteiger partial charge in [-0.25, -0.2) is 0 Å². The second-order valence-electron chi connectivity index (χ2n) is 5.41. The highest BCUT2D eigenvalue weighted by molar-refractivity contribution is 6.40. The number of aliphatic hydroxyl groups is 1. The highest BCUT2D eigenvalue weighted by Gasteiger charge is 2.16. The second-order valence-corrected chi connectivity index (χ2v) is 5.84. The van der Waals surface area contributed by atoms with Crippen molar-refractivity contribution in [1.82, 2.24) is 5.32 Å². The Labute approximate surface area is 129 Å². The van der Waals surface area contributed by atoms with Crippen LogP contribution in [0.25, 0.3) is 0 Å². The average molecular weight is 313 g/mol. The molecule has 1 aromatic rings. The maximum atomic E-state index is 11.8. The summed E-state index contributed by atoms with van der Waals surface area (Å²) >= 11 is 5.85. The number of aryl methyl sites for hydroxylation is 1. The lowest BCUT2D eigenvalue weighted by Gasteiger charge is -2.14. The van der Waals surface area contributed by atoms with E-state index in [0.29, 0.717) is 23.0 Å². The van der Waals surface area contributed by atoms with Gasteiger partial charge in [-0.1, -0.05) is 31.5 Å². The van der Waals surface area contributed by atoms with Gasteiger partial charge in [-0.05, 0) is 37.0 Å². The smallest absolute Gasteiger partial charge is 0.313 e. The first-order valence-corrected chi connectivity index (χ1v) is 7.20. The van der Waals surface area contributed by atoms with Crippen molar-refractivity contribution < 1.29 is 14.7 Å². The van der Waals surface area contributed by atoms with Gasteiger partial charge in [0.2, 0.25) is 0 Å². The summed E-state index contributed by atoms with van der Waals surface area (Å²) < 4.78 is 0. The SMILES string of the molecule is Cc1ccc(Cl)cc1NC(=O)C(=O)NCC(O)CC(C)C. The molecule has 0 aliphatic carbocycles. The molecule has 0 aromatic heterocycles. The first kappa shape index (κ1) is 17.5.